The molecule has 0 bridgehead atoms. The van der Waals surface area contributed by atoms with Crippen LogP contribution in [-0.2, 0) is 0 Å². The molecule has 0 heterocycles. The van der Waals surface area contributed by atoms with E-state index in [4.69, 9.17) is 5.73 Å². The van der Waals surface area contributed by atoms with Gasteiger partial charge in [0.15, 0.2) is 0 Å². The molecule has 2 N–H and O–H groups in total. The Morgan fingerprint density at radius 2 is 1.77 bits per heavy atom. The van der Waals surface area contributed by atoms with Crippen molar-refractivity contribution >= 4 is 0 Å². The fourth-order valence-electron chi connectivity index (χ4n) is 3.40. The fraction of sp³-hybridized carbons (Fsp3) is 1.00. The summed E-state index contributed by atoms with van der Waals surface area (Å²) in [7, 11) is 0. The summed E-state index contributed by atoms with van der Waals surface area (Å²) in [5, 5.41) is 0. The van der Waals surface area contributed by atoms with Crippen LogP contribution in [0.4, 0.5) is 0 Å². The molecule has 13 heavy (non-hydrogen) atoms. The lowest BCUT2D eigenvalue weighted by Crippen LogP contribution is -2.05. The standard InChI is InChI=1S/C12H23N/c1-12(2)10(11(12)8-13)7-9-5-3-4-6-9/h9-11H,3-8,13H2,1-2H3/t10-,11-/m0/s1. The Morgan fingerprint density at radius 1 is 1.15 bits per heavy atom. The van der Waals surface area contributed by atoms with Gasteiger partial charge in [0.25, 0.3) is 0 Å². The summed E-state index contributed by atoms with van der Waals surface area (Å²) in [6.45, 7) is 5.69. The highest BCUT2D eigenvalue weighted by Gasteiger charge is 2.56. The molecule has 0 saturated heterocycles. The topological polar surface area (TPSA) is 26.0 Å². The van der Waals surface area contributed by atoms with E-state index in [0.717, 1.165) is 24.3 Å². The molecule has 2 fully saturated rings. The molecule has 0 aromatic rings. The lowest BCUT2D eigenvalue weighted by atomic mass is 9.97. The summed E-state index contributed by atoms with van der Waals surface area (Å²) >= 11 is 0. The van der Waals surface area contributed by atoms with Crippen LogP contribution in [0.15, 0.2) is 0 Å². The predicted octanol–water partition coefficient (Wildman–Crippen LogP) is 2.80. The van der Waals surface area contributed by atoms with E-state index in [9.17, 15) is 0 Å². The molecule has 1 nitrogen and oxygen atoms in total. The summed E-state index contributed by atoms with van der Waals surface area (Å²) in [6.07, 6.45) is 7.40. The van der Waals surface area contributed by atoms with Crippen molar-refractivity contribution in [3.63, 3.8) is 0 Å². The lowest BCUT2D eigenvalue weighted by Gasteiger charge is -2.09. The van der Waals surface area contributed by atoms with Gasteiger partial charge in [0, 0.05) is 0 Å². The van der Waals surface area contributed by atoms with Crippen molar-refractivity contribution < 1.29 is 0 Å². The maximum absolute atomic E-state index is 5.77. The van der Waals surface area contributed by atoms with E-state index in [-0.39, 0.29) is 0 Å². The zero-order valence-corrected chi connectivity index (χ0v) is 9.05. The van der Waals surface area contributed by atoms with Gasteiger partial charge >= 0.3 is 0 Å². The van der Waals surface area contributed by atoms with Crippen LogP contribution in [0.2, 0.25) is 0 Å². The molecule has 0 unspecified atom stereocenters. The largest absolute Gasteiger partial charge is 0.330 e. The molecule has 0 radical (unpaired) electrons. The van der Waals surface area contributed by atoms with Crippen LogP contribution in [0, 0.1) is 23.2 Å². The molecule has 0 aromatic heterocycles. The van der Waals surface area contributed by atoms with Crippen LogP contribution < -0.4 is 5.73 Å². The molecule has 2 rings (SSSR count). The number of nitrogens with two attached hydrogens (primary N) is 1. The van der Waals surface area contributed by atoms with Crippen LogP contribution in [0.3, 0.4) is 0 Å². The average molecular weight is 181 g/mol. The minimum atomic E-state index is 0.567. The first kappa shape index (κ1) is 9.51. The highest BCUT2D eigenvalue weighted by atomic mass is 14.7. The summed E-state index contributed by atoms with van der Waals surface area (Å²) < 4.78 is 0. The van der Waals surface area contributed by atoms with Gasteiger partial charge in [-0.3, -0.25) is 0 Å². The SMILES string of the molecule is CC1(C)[C@@H](CN)[C@@H]1CC1CCCC1. The molecule has 0 aliphatic heterocycles. The average Bonchev–Trinajstić information content (AvgIpc) is 2.54. The van der Waals surface area contributed by atoms with Crippen LogP contribution in [-0.4, -0.2) is 6.54 Å². The van der Waals surface area contributed by atoms with Crippen molar-refractivity contribution in [3.05, 3.63) is 0 Å². The molecular weight excluding hydrogens is 158 g/mol. The van der Waals surface area contributed by atoms with Gasteiger partial charge < -0.3 is 5.73 Å². The van der Waals surface area contributed by atoms with Crippen molar-refractivity contribution in [1.29, 1.82) is 0 Å². The fourth-order valence-corrected chi connectivity index (χ4v) is 3.40. The van der Waals surface area contributed by atoms with E-state index in [1.54, 1.807) is 0 Å². The van der Waals surface area contributed by atoms with Crippen molar-refractivity contribution in [2.75, 3.05) is 6.54 Å². The molecule has 0 aromatic carbocycles. The van der Waals surface area contributed by atoms with E-state index < -0.39 is 0 Å². The van der Waals surface area contributed by atoms with Crippen LogP contribution >= 0.6 is 0 Å². The Hall–Kier alpha value is -0.0400. The lowest BCUT2D eigenvalue weighted by molar-refractivity contribution is 0.420. The van der Waals surface area contributed by atoms with E-state index in [2.05, 4.69) is 13.8 Å². The van der Waals surface area contributed by atoms with Gasteiger partial charge in [-0.2, -0.15) is 0 Å². The van der Waals surface area contributed by atoms with E-state index in [1.165, 1.54) is 32.1 Å². The second kappa shape index (κ2) is 3.27. The van der Waals surface area contributed by atoms with E-state index >= 15 is 0 Å². The minimum absolute atomic E-state index is 0.567. The van der Waals surface area contributed by atoms with Crippen LogP contribution in [0.1, 0.15) is 46.0 Å². The number of hydrogen-bond donors (Lipinski definition) is 1. The van der Waals surface area contributed by atoms with Gasteiger partial charge in [-0.05, 0) is 36.1 Å². The Balaban J connectivity index is 1.83. The number of hydrogen-bond acceptors (Lipinski definition) is 1. The Kier molecular flexibility index (Phi) is 2.39. The normalized spacial score (nSPS) is 38.1. The molecule has 2 atom stereocenters. The van der Waals surface area contributed by atoms with E-state index in [0.29, 0.717) is 5.41 Å². The Bertz CT molecular complexity index is 180. The maximum atomic E-state index is 5.77. The first-order valence-corrected chi connectivity index (χ1v) is 5.86. The summed E-state index contributed by atoms with van der Waals surface area (Å²) in [5.74, 6) is 2.81. The van der Waals surface area contributed by atoms with Gasteiger partial charge in [-0.25, -0.2) is 0 Å². The highest BCUT2D eigenvalue weighted by molar-refractivity contribution is 5.05. The van der Waals surface area contributed by atoms with Crippen molar-refractivity contribution in [2.45, 2.75) is 46.0 Å². The second-order valence-corrected chi connectivity index (χ2v) is 5.66. The highest BCUT2D eigenvalue weighted by Crippen LogP contribution is 2.61. The Morgan fingerprint density at radius 3 is 2.23 bits per heavy atom. The molecule has 2 aliphatic rings. The second-order valence-electron chi connectivity index (χ2n) is 5.66. The zero-order valence-electron chi connectivity index (χ0n) is 9.05. The number of rotatable bonds is 3. The van der Waals surface area contributed by atoms with Gasteiger partial charge in [0.2, 0.25) is 0 Å². The quantitative estimate of drug-likeness (QED) is 0.712. The third kappa shape index (κ3) is 1.63. The van der Waals surface area contributed by atoms with E-state index in [1.807, 2.05) is 0 Å². The Labute approximate surface area is 82.1 Å². The summed E-state index contributed by atoms with van der Waals surface area (Å²) in [5.41, 5.74) is 6.34. The first-order valence-electron chi connectivity index (χ1n) is 5.86. The third-order valence-electron chi connectivity index (χ3n) is 4.60. The van der Waals surface area contributed by atoms with Gasteiger partial charge in [-0.15, -0.1) is 0 Å². The van der Waals surface area contributed by atoms with Crippen LogP contribution in [0.5, 0.6) is 0 Å². The van der Waals surface area contributed by atoms with Crippen molar-refractivity contribution in [3.8, 4) is 0 Å². The molecular formula is C12H23N. The monoisotopic (exact) mass is 181 g/mol. The molecule has 2 aliphatic carbocycles. The van der Waals surface area contributed by atoms with Crippen LogP contribution in [0.25, 0.3) is 0 Å². The van der Waals surface area contributed by atoms with Crippen molar-refractivity contribution in [2.24, 2.45) is 28.9 Å². The third-order valence-corrected chi connectivity index (χ3v) is 4.60. The van der Waals surface area contributed by atoms with Gasteiger partial charge in [0.1, 0.15) is 0 Å². The first-order chi connectivity index (χ1) is 6.16. The molecule has 76 valence electrons. The molecule has 1 heteroatoms. The molecule has 0 amide bonds. The van der Waals surface area contributed by atoms with Crippen molar-refractivity contribution in [1.82, 2.24) is 0 Å². The minimum Gasteiger partial charge on any atom is -0.330 e. The van der Waals surface area contributed by atoms with Gasteiger partial charge in [0.05, 0.1) is 0 Å². The predicted molar refractivity (Wildman–Crippen MR) is 56.4 cm³/mol. The zero-order chi connectivity index (χ0) is 9.47. The smallest absolute Gasteiger partial charge is 0.00408 e. The maximum Gasteiger partial charge on any atom is -0.00408 e. The van der Waals surface area contributed by atoms with Gasteiger partial charge in [-0.1, -0.05) is 39.5 Å². The summed E-state index contributed by atoms with van der Waals surface area (Å²) in [4.78, 5) is 0. The summed E-state index contributed by atoms with van der Waals surface area (Å²) in [6, 6.07) is 0. The molecule has 2 saturated carbocycles. The molecule has 0 spiro atoms.